The van der Waals surface area contributed by atoms with Gasteiger partial charge < -0.3 is 4.74 Å². The van der Waals surface area contributed by atoms with Crippen LogP contribution in [-0.4, -0.2) is 24.2 Å². The van der Waals surface area contributed by atoms with Crippen LogP contribution in [0.2, 0.25) is 0 Å². The van der Waals surface area contributed by atoms with Crippen molar-refractivity contribution in [3.63, 3.8) is 0 Å². The highest BCUT2D eigenvalue weighted by atomic mass is 19.4. The number of rotatable bonds is 5. The number of halogens is 5. The summed E-state index contributed by atoms with van der Waals surface area (Å²) < 4.78 is 65.0. The van der Waals surface area contributed by atoms with Crippen molar-refractivity contribution >= 4 is 5.97 Å². The Morgan fingerprint density at radius 2 is 1.65 bits per heavy atom. The Morgan fingerprint density at radius 1 is 1.18 bits per heavy atom. The first-order valence-corrected chi connectivity index (χ1v) is 5.19. The standard InChI is InChI=1S/C10H15F5O2/c1-4-5-7(6(2)3)17-8(16)9(11,12)10(13,14)15/h6-7H,4-5H2,1-3H3. The Balaban J connectivity index is 4.72. The van der Waals surface area contributed by atoms with Gasteiger partial charge in [-0.3, -0.25) is 0 Å². The van der Waals surface area contributed by atoms with E-state index in [1.54, 1.807) is 20.8 Å². The van der Waals surface area contributed by atoms with Gasteiger partial charge in [-0.25, -0.2) is 4.79 Å². The first-order valence-electron chi connectivity index (χ1n) is 5.19. The number of carbonyl (C=O) groups is 1. The molecule has 0 amide bonds. The highest BCUT2D eigenvalue weighted by Gasteiger charge is 2.65. The van der Waals surface area contributed by atoms with Crippen LogP contribution in [0.15, 0.2) is 0 Å². The van der Waals surface area contributed by atoms with Crippen molar-refractivity contribution in [1.82, 2.24) is 0 Å². The van der Waals surface area contributed by atoms with Gasteiger partial charge in [-0.15, -0.1) is 0 Å². The molecule has 1 atom stereocenters. The lowest BCUT2D eigenvalue weighted by Gasteiger charge is -2.24. The van der Waals surface area contributed by atoms with Gasteiger partial charge in [-0.05, 0) is 12.3 Å². The molecule has 0 rings (SSSR count). The molecule has 0 spiro atoms. The van der Waals surface area contributed by atoms with Crippen molar-refractivity contribution in [2.24, 2.45) is 5.92 Å². The van der Waals surface area contributed by atoms with Crippen molar-refractivity contribution in [2.75, 3.05) is 0 Å². The summed E-state index contributed by atoms with van der Waals surface area (Å²) in [6.07, 6.45) is -6.08. The van der Waals surface area contributed by atoms with E-state index in [9.17, 15) is 26.7 Å². The van der Waals surface area contributed by atoms with Gasteiger partial charge in [0.25, 0.3) is 0 Å². The number of hydrogen-bond donors (Lipinski definition) is 0. The maximum atomic E-state index is 12.6. The molecule has 0 bridgehead atoms. The van der Waals surface area contributed by atoms with E-state index in [2.05, 4.69) is 4.74 Å². The summed E-state index contributed by atoms with van der Waals surface area (Å²) in [5.41, 5.74) is 0. The number of esters is 1. The Hall–Kier alpha value is -0.880. The molecule has 0 radical (unpaired) electrons. The summed E-state index contributed by atoms with van der Waals surface area (Å²) in [5.74, 6) is -8.30. The van der Waals surface area contributed by atoms with Gasteiger partial charge >= 0.3 is 18.1 Å². The molecule has 0 N–H and O–H groups in total. The van der Waals surface area contributed by atoms with Crippen molar-refractivity contribution in [3.05, 3.63) is 0 Å². The Morgan fingerprint density at radius 3 is 1.94 bits per heavy atom. The zero-order valence-corrected chi connectivity index (χ0v) is 9.78. The predicted octanol–water partition coefficient (Wildman–Crippen LogP) is 3.55. The molecular formula is C10H15F5O2. The van der Waals surface area contributed by atoms with Crippen LogP contribution in [0.25, 0.3) is 0 Å². The second kappa shape index (κ2) is 5.64. The third kappa shape index (κ3) is 4.12. The van der Waals surface area contributed by atoms with Gasteiger partial charge in [-0.1, -0.05) is 27.2 Å². The molecular weight excluding hydrogens is 247 g/mol. The topological polar surface area (TPSA) is 26.3 Å². The van der Waals surface area contributed by atoms with E-state index >= 15 is 0 Å². The third-order valence-electron chi connectivity index (χ3n) is 2.19. The van der Waals surface area contributed by atoms with Gasteiger partial charge in [0.15, 0.2) is 0 Å². The number of ether oxygens (including phenoxy) is 1. The van der Waals surface area contributed by atoms with E-state index < -0.39 is 24.2 Å². The van der Waals surface area contributed by atoms with Gasteiger partial charge in [0.05, 0.1) is 0 Å². The molecule has 0 saturated heterocycles. The van der Waals surface area contributed by atoms with Gasteiger partial charge in [0.1, 0.15) is 6.10 Å². The van der Waals surface area contributed by atoms with Crippen molar-refractivity contribution in [1.29, 1.82) is 0 Å². The molecule has 17 heavy (non-hydrogen) atoms. The first-order chi connectivity index (χ1) is 7.54. The Bertz CT molecular complexity index is 260. The smallest absolute Gasteiger partial charge is 0.457 e. The van der Waals surface area contributed by atoms with Crippen molar-refractivity contribution in [3.8, 4) is 0 Å². The molecule has 0 fully saturated rings. The molecule has 102 valence electrons. The van der Waals surface area contributed by atoms with E-state index in [0.29, 0.717) is 6.42 Å². The SMILES string of the molecule is CCCC(OC(=O)C(F)(F)C(F)(F)F)C(C)C. The van der Waals surface area contributed by atoms with Gasteiger partial charge in [0.2, 0.25) is 0 Å². The van der Waals surface area contributed by atoms with E-state index in [1.165, 1.54) is 0 Å². The number of carbonyl (C=O) groups excluding carboxylic acids is 1. The van der Waals surface area contributed by atoms with Crippen LogP contribution in [0.5, 0.6) is 0 Å². The molecule has 0 aromatic rings. The first kappa shape index (κ1) is 16.1. The van der Waals surface area contributed by atoms with Crippen LogP contribution in [-0.2, 0) is 9.53 Å². The molecule has 2 nitrogen and oxygen atoms in total. The summed E-state index contributed by atoms with van der Waals surface area (Å²) in [5, 5.41) is 0. The largest absolute Gasteiger partial charge is 0.465 e. The molecule has 0 aromatic carbocycles. The van der Waals surface area contributed by atoms with Crippen LogP contribution in [0.3, 0.4) is 0 Å². The van der Waals surface area contributed by atoms with Gasteiger partial charge in [-0.2, -0.15) is 22.0 Å². The summed E-state index contributed by atoms with van der Waals surface area (Å²) in [7, 11) is 0. The van der Waals surface area contributed by atoms with E-state index in [-0.39, 0.29) is 12.3 Å². The predicted molar refractivity (Wildman–Crippen MR) is 50.6 cm³/mol. The van der Waals surface area contributed by atoms with E-state index in [0.717, 1.165) is 0 Å². The monoisotopic (exact) mass is 262 g/mol. The second-order valence-corrected chi connectivity index (χ2v) is 4.05. The lowest BCUT2D eigenvalue weighted by Crippen LogP contribution is -2.46. The number of hydrogen-bond acceptors (Lipinski definition) is 2. The summed E-state index contributed by atoms with van der Waals surface area (Å²) in [4.78, 5) is 10.8. The Kier molecular flexibility index (Phi) is 5.35. The zero-order valence-electron chi connectivity index (χ0n) is 9.78. The van der Waals surface area contributed by atoms with Crippen LogP contribution in [0.4, 0.5) is 22.0 Å². The van der Waals surface area contributed by atoms with Crippen molar-refractivity contribution < 1.29 is 31.5 Å². The fourth-order valence-electron chi connectivity index (χ4n) is 1.14. The Labute approximate surface area is 96.1 Å². The second-order valence-electron chi connectivity index (χ2n) is 4.05. The normalized spacial score (nSPS) is 14.9. The lowest BCUT2D eigenvalue weighted by atomic mass is 10.0. The van der Waals surface area contributed by atoms with Crippen LogP contribution in [0, 0.1) is 5.92 Å². The minimum atomic E-state index is -5.92. The van der Waals surface area contributed by atoms with E-state index in [1.807, 2.05) is 0 Å². The van der Waals surface area contributed by atoms with Gasteiger partial charge in [0, 0.05) is 0 Å². The molecule has 0 saturated carbocycles. The highest BCUT2D eigenvalue weighted by Crippen LogP contribution is 2.37. The van der Waals surface area contributed by atoms with Crippen LogP contribution >= 0.6 is 0 Å². The fourth-order valence-corrected chi connectivity index (χ4v) is 1.14. The van der Waals surface area contributed by atoms with Crippen molar-refractivity contribution in [2.45, 2.75) is 51.8 Å². The summed E-state index contributed by atoms with van der Waals surface area (Å²) in [6, 6.07) is 0. The molecule has 0 aromatic heterocycles. The highest BCUT2D eigenvalue weighted by molar-refractivity contribution is 5.78. The van der Waals surface area contributed by atoms with Crippen LogP contribution < -0.4 is 0 Å². The average molecular weight is 262 g/mol. The molecule has 0 aliphatic rings. The summed E-state index contributed by atoms with van der Waals surface area (Å²) in [6.45, 7) is 4.88. The third-order valence-corrected chi connectivity index (χ3v) is 2.19. The molecule has 0 aliphatic carbocycles. The van der Waals surface area contributed by atoms with Crippen LogP contribution in [0.1, 0.15) is 33.6 Å². The zero-order chi connectivity index (χ0) is 13.9. The maximum Gasteiger partial charge on any atom is 0.465 e. The summed E-state index contributed by atoms with van der Waals surface area (Å²) >= 11 is 0. The minimum Gasteiger partial charge on any atom is -0.457 e. The fraction of sp³-hybridized carbons (Fsp3) is 0.900. The number of alkyl halides is 5. The van der Waals surface area contributed by atoms with E-state index in [4.69, 9.17) is 0 Å². The molecule has 0 aliphatic heterocycles. The average Bonchev–Trinajstić information content (AvgIpc) is 2.14. The molecule has 7 heteroatoms. The minimum absolute atomic E-state index is 0.247. The maximum absolute atomic E-state index is 12.6. The lowest BCUT2D eigenvalue weighted by molar-refractivity contribution is -0.283. The molecule has 0 heterocycles. The molecule has 1 unspecified atom stereocenters. The quantitative estimate of drug-likeness (QED) is 0.559.